The Balaban J connectivity index is 0.00000364. The predicted octanol–water partition coefficient (Wildman–Crippen LogP) is 3.17. The van der Waals surface area contributed by atoms with Gasteiger partial charge in [-0.25, -0.2) is 4.98 Å². The van der Waals surface area contributed by atoms with Crippen molar-refractivity contribution in [1.82, 2.24) is 20.5 Å². The Morgan fingerprint density at radius 3 is 2.74 bits per heavy atom. The summed E-state index contributed by atoms with van der Waals surface area (Å²) >= 11 is 1.73. The quantitative estimate of drug-likeness (QED) is 0.246. The first kappa shape index (κ1) is 24.1. The van der Waals surface area contributed by atoms with E-state index >= 15 is 0 Å². The third-order valence-electron chi connectivity index (χ3n) is 4.32. The molecule has 27 heavy (non-hydrogen) atoms. The minimum Gasteiger partial charge on any atom is -0.357 e. The minimum absolute atomic E-state index is 0. The van der Waals surface area contributed by atoms with Crippen LogP contribution in [0, 0.1) is 0 Å². The molecule has 0 aromatic carbocycles. The van der Waals surface area contributed by atoms with Gasteiger partial charge < -0.3 is 15.5 Å². The van der Waals surface area contributed by atoms with Crippen molar-refractivity contribution in [1.29, 1.82) is 0 Å². The van der Waals surface area contributed by atoms with E-state index in [-0.39, 0.29) is 35.3 Å². The number of nitrogens with one attached hydrogen (secondary N) is 2. The van der Waals surface area contributed by atoms with Crippen molar-refractivity contribution < 1.29 is 4.79 Å². The van der Waals surface area contributed by atoms with Gasteiger partial charge >= 0.3 is 0 Å². The number of thiazole rings is 1. The number of halogens is 1. The number of nitrogens with zero attached hydrogens (tertiary/aromatic N) is 3. The Hall–Kier alpha value is -0.900. The molecular weight excluding hydrogens is 473 g/mol. The van der Waals surface area contributed by atoms with Crippen LogP contribution in [0.1, 0.15) is 57.7 Å². The fraction of sp³-hybridized carbons (Fsp3) is 0.737. The molecule has 1 fully saturated rings. The Morgan fingerprint density at radius 2 is 2.15 bits per heavy atom. The highest BCUT2D eigenvalue weighted by Crippen LogP contribution is 2.23. The lowest BCUT2D eigenvalue weighted by atomic mass is 9.93. The number of carbonyl (C=O) groups is 1. The zero-order valence-electron chi connectivity index (χ0n) is 17.0. The Morgan fingerprint density at radius 1 is 1.37 bits per heavy atom. The third-order valence-corrected chi connectivity index (χ3v) is 5.23. The Bertz CT molecular complexity index is 611. The van der Waals surface area contributed by atoms with Gasteiger partial charge in [0.15, 0.2) is 5.96 Å². The lowest BCUT2D eigenvalue weighted by Crippen LogP contribution is -2.38. The molecule has 8 heteroatoms. The minimum atomic E-state index is 0. The van der Waals surface area contributed by atoms with E-state index in [1.807, 2.05) is 4.90 Å². The van der Waals surface area contributed by atoms with E-state index in [1.165, 1.54) is 0 Å². The average Bonchev–Trinajstić information content (AvgIpc) is 3.20. The van der Waals surface area contributed by atoms with E-state index in [0.29, 0.717) is 6.42 Å². The summed E-state index contributed by atoms with van der Waals surface area (Å²) in [7, 11) is 0. The van der Waals surface area contributed by atoms with Gasteiger partial charge in [0.2, 0.25) is 5.91 Å². The highest BCUT2D eigenvalue weighted by Gasteiger charge is 2.19. The van der Waals surface area contributed by atoms with Gasteiger partial charge in [-0.05, 0) is 19.8 Å². The maximum atomic E-state index is 11.6. The van der Waals surface area contributed by atoms with Gasteiger partial charge in [0.05, 0.1) is 10.7 Å². The third kappa shape index (κ3) is 8.33. The molecular formula is C19H34IN5OS. The van der Waals surface area contributed by atoms with Gasteiger partial charge in [0, 0.05) is 56.4 Å². The topological polar surface area (TPSA) is 69.6 Å². The van der Waals surface area contributed by atoms with Gasteiger partial charge in [0.1, 0.15) is 0 Å². The standard InChI is InChI=1S/C19H33N5OS.HI/c1-5-20-18(21-10-7-13-24-12-6-8-17(24)25)22-11-9-16-23-15(14-26-16)19(2,3)4;/h14H,5-13H2,1-4H3,(H2,20,21,22);1H. The first-order valence-corrected chi connectivity index (χ1v) is 10.5. The molecule has 0 saturated carbocycles. The molecule has 0 bridgehead atoms. The normalized spacial score (nSPS) is 15.0. The molecule has 2 heterocycles. The molecule has 0 atom stereocenters. The molecule has 1 aliphatic rings. The van der Waals surface area contributed by atoms with Crippen LogP contribution in [0.5, 0.6) is 0 Å². The lowest BCUT2D eigenvalue weighted by molar-refractivity contribution is -0.127. The lowest BCUT2D eigenvalue weighted by Gasteiger charge is -2.15. The molecule has 1 amide bonds. The smallest absolute Gasteiger partial charge is 0.222 e. The largest absolute Gasteiger partial charge is 0.357 e. The van der Waals surface area contributed by atoms with Gasteiger partial charge in [0.25, 0.3) is 0 Å². The van der Waals surface area contributed by atoms with Gasteiger partial charge in [-0.3, -0.25) is 9.79 Å². The van der Waals surface area contributed by atoms with Gasteiger partial charge in [-0.1, -0.05) is 20.8 Å². The first-order valence-electron chi connectivity index (χ1n) is 9.65. The van der Waals surface area contributed by atoms with E-state index in [0.717, 1.165) is 68.6 Å². The zero-order chi connectivity index (χ0) is 19.0. The van der Waals surface area contributed by atoms with E-state index in [1.54, 1.807) is 11.3 Å². The molecule has 1 aromatic rings. The molecule has 0 unspecified atom stereocenters. The van der Waals surface area contributed by atoms with Crippen molar-refractivity contribution in [2.24, 2.45) is 4.99 Å². The van der Waals surface area contributed by atoms with Crippen LogP contribution in [0.3, 0.4) is 0 Å². The molecule has 1 saturated heterocycles. The fourth-order valence-electron chi connectivity index (χ4n) is 2.79. The number of carbonyl (C=O) groups excluding carboxylic acids is 1. The van der Waals surface area contributed by atoms with Gasteiger partial charge in [-0.15, -0.1) is 35.3 Å². The summed E-state index contributed by atoms with van der Waals surface area (Å²) in [5.74, 6) is 1.13. The second-order valence-electron chi connectivity index (χ2n) is 7.65. The molecule has 2 rings (SSSR count). The summed E-state index contributed by atoms with van der Waals surface area (Å²) in [6.07, 6.45) is 3.51. The predicted molar refractivity (Wildman–Crippen MR) is 124 cm³/mol. The van der Waals surface area contributed by atoms with Crippen LogP contribution in [-0.2, 0) is 16.6 Å². The number of rotatable bonds is 8. The molecule has 6 nitrogen and oxygen atoms in total. The monoisotopic (exact) mass is 507 g/mol. The van der Waals surface area contributed by atoms with Crippen LogP contribution in [0.4, 0.5) is 0 Å². The van der Waals surface area contributed by atoms with E-state index in [2.05, 4.69) is 48.7 Å². The summed E-state index contributed by atoms with van der Waals surface area (Å²) in [5, 5.41) is 9.98. The maximum Gasteiger partial charge on any atom is 0.222 e. The van der Waals surface area contributed by atoms with Crippen molar-refractivity contribution >= 4 is 47.2 Å². The van der Waals surface area contributed by atoms with Crippen molar-refractivity contribution in [2.45, 2.75) is 58.8 Å². The number of aromatic nitrogens is 1. The van der Waals surface area contributed by atoms with Crippen molar-refractivity contribution in [2.75, 3.05) is 32.7 Å². The number of aliphatic imine (C=N–C) groups is 1. The SMILES string of the molecule is CCNC(=NCCCN1CCCC1=O)NCCc1nc(C(C)(C)C)cs1.I. The van der Waals surface area contributed by atoms with Crippen LogP contribution in [0.25, 0.3) is 0 Å². The number of hydrogen-bond acceptors (Lipinski definition) is 4. The summed E-state index contributed by atoms with van der Waals surface area (Å²) < 4.78 is 0. The fourth-order valence-corrected chi connectivity index (χ4v) is 3.82. The summed E-state index contributed by atoms with van der Waals surface area (Å²) in [6.45, 7) is 12.7. The molecule has 0 spiro atoms. The van der Waals surface area contributed by atoms with E-state index < -0.39 is 0 Å². The van der Waals surface area contributed by atoms with E-state index in [4.69, 9.17) is 4.98 Å². The number of amides is 1. The summed E-state index contributed by atoms with van der Waals surface area (Å²) in [5.41, 5.74) is 1.27. The van der Waals surface area contributed by atoms with Crippen molar-refractivity contribution in [3.8, 4) is 0 Å². The van der Waals surface area contributed by atoms with Crippen LogP contribution < -0.4 is 10.6 Å². The highest BCUT2D eigenvalue weighted by molar-refractivity contribution is 14.0. The molecule has 2 N–H and O–H groups in total. The van der Waals surface area contributed by atoms with E-state index in [9.17, 15) is 4.79 Å². The second kappa shape index (κ2) is 11.8. The Labute approximate surface area is 184 Å². The van der Waals surface area contributed by atoms with Crippen molar-refractivity contribution in [3.63, 3.8) is 0 Å². The van der Waals surface area contributed by atoms with Crippen LogP contribution in [0.15, 0.2) is 10.4 Å². The van der Waals surface area contributed by atoms with Crippen molar-refractivity contribution in [3.05, 3.63) is 16.1 Å². The van der Waals surface area contributed by atoms with Crippen LogP contribution >= 0.6 is 35.3 Å². The summed E-state index contributed by atoms with van der Waals surface area (Å²) in [4.78, 5) is 22.9. The number of likely N-dealkylation sites (tertiary alicyclic amines) is 1. The number of guanidine groups is 1. The maximum absolute atomic E-state index is 11.6. The van der Waals surface area contributed by atoms with Crippen LogP contribution in [0.2, 0.25) is 0 Å². The Kier molecular flexibility index (Phi) is 10.6. The van der Waals surface area contributed by atoms with Gasteiger partial charge in [-0.2, -0.15) is 0 Å². The molecule has 0 aliphatic carbocycles. The summed E-state index contributed by atoms with van der Waals surface area (Å²) in [6, 6.07) is 0. The first-order chi connectivity index (χ1) is 12.4. The molecule has 1 aromatic heterocycles. The molecule has 154 valence electrons. The zero-order valence-corrected chi connectivity index (χ0v) is 20.2. The second-order valence-corrected chi connectivity index (χ2v) is 8.59. The highest BCUT2D eigenvalue weighted by atomic mass is 127. The molecule has 0 radical (unpaired) electrons. The number of hydrogen-bond donors (Lipinski definition) is 2. The average molecular weight is 507 g/mol. The van der Waals surface area contributed by atoms with Crippen LogP contribution in [-0.4, -0.2) is 54.5 Å². The molecule has 1 aliphatic heterocycles.